The average Bonchev–Trinajstić information content (AvgIpc) is 3.00. The van der Waals surface area contributed by atoms with Crippen molar-refractivity contribution in [1.29, 1.82) is 0 Å². The summed E-state index contributed by atoms with van der Waals surface area (Å²) in [5, 5.41) is 0. The van der Waals surface area contributed by atoms with Crippen molar-refractivity contribution in [1.82, 2.24) is 0 Å². The van der Waals surface area contributed by atoms with Crippen LogP contribution in [0.15, 0.2) is 78.9 Å². The molecule has 1 aliphatic rings. The van der Waals surface area contributed by atoms with Gasteiger partial charge in [-0.3, -0.25) is 6.08 Å². The van der Waals surface area contributed by atoms with Crippen molar-refractivity contribution in [2.45, 2.75) is 6.42 Å². The minimum absolute atomic E-state index is 0. The van der Waals surface area contributed by atoms with Crippen LogP contribution in [0, 0.1) is 19.9 Å². The second-order valence-electron chi connectivity index (χ2n) is 3.97. The quantitative estimate of drug-likeness (QED) is 0.472. The minimum Gasteiger partial charge on any atom is -0.273 e. The van der Waals surface area contributed by atoms with Crippen LogP contribution in [0.5, 0.6) is 0 Å². The fraction of sp³-hybridized carbons (Fsp3) is 0.0526. The van der Waals surface area contributed by atoms with E-state index in [-0.39, 0.29) is 21.7 Å². The van der Waals surface area contributed by atoms with E-state index in [4.69, 9.17) is 0 Å². The topological polar surface area (TPSA) is 0 Å². The normalized spacial score (nSPS) is 10.4. The third-order valence-electron chi connectivity index (χ3n) is 2.27. The zero-order chi connectivity index (χ0) is 13.8. The first-order chi connectivity index (χ1) is 9.29. The summed E-state index contributed by atoms with van der Waals surface area (Å²) < 4.78 is 0. The molecule has 0 fully saturated rings. The average molecular weight is 295 g/mol. The van der Waals surface area contributed by atoms with Gasteiger partial charge in [0.1, 0.15) is 0 Å². The van der Waals surface area contributed by atoms with E-state index in [0.29, 0.717) is 0 Å². The van der Waals surface area contributed by atoms with Crippen molar-refractivity contribution in [3.63, 3.8) is 0 Å². The van der Waals surface area contributed by atoms with E-state index in [0.717, 1.165) is 17.5 Å². The maximum atomic E-state index is 3.72. The van der Waals surface area contributed by atoms with Gasteiger partial charge in [0.05, 0.1) is 0 Å². The molecule has 20 heavy (non-hydrogen) atoms. The molecular formula is C19H19Ti. The molecule has 0 atom stereocenters. The van der Waals surface area contributed by atoms with E-state index in [1.807, 2.05) is 72.8 Å². The third-order valence-corrected chi connectivity index (χ3v) is 2.27. The van der Waals surface area contributed by atoms with Gasteiger partial charge in [0.25, 0.3) is 0 Å². The molecule has 0 saturated carbocycles. The standard InChI is InChI=1S/2C7H7.C5H5.Ti/c2*1-7-5-3-2-4-6-7;1-2-4-5-3-1;/h2*2-6H,1H2;1-3H,4H2;/q3*-1;+3. The van der Waals surface area contributed by atoms with Crippen LogP contribution in [0.1, 0.15) is 17.5 Å². The summed E-state index contributed by atoms with van der Waals surface area (Å²) in [7, 11) is 0. The molecule has 0 heterocycles. The fourth-order valence-electron chi connectivity index (χ4n) is 1.30. The number of benzene rings is 2. The molecule has 1 aliphatic carbocycles. The summed E-state index contributed by atoms with van der Waals surface area (Å²) >= 11 is 0. The van der Waals surface area contributed by atoms with Gasteiger partial charge in [-0.2, -0.15) is 55.3 Å². The summed E-state index contributed by atoms with van der Waals surface area (Å²) in [5.41, 5.74) is 2.14. The van der Waals surface area contributed by atoms with Crippen LogP contribution in [0.4, 0.5) is 0 Å². The Kier molecular flexibility index (Phi) is 11.4. The Bertz CT molecular complexity index is 436. The van der Waals surface area contributed by atoms with Gasteiger partial charge in [-0.05, 0) is 0 Å². The van der Waals surface area contributed by atoms with Gasteiger partial charge in [-0.1, -0.05) is 12.1 Å². The summed E-state index contributed by atoms with van der Waals surface area (Å²) in [6, 6.07) is 19.7. The monoisotopic (exact) mass is 295 g/mol. The van der Waals surface area contributed by atoms with E-state index in [1.165, 1.54) is 0 Å². The van der Waals surface area contributed by atoms with Gasteiger partial charge >= 0.3 is 21.7 Å². The van der Waals surface area contributed by atoms with Crippen LogP contribution in [-0.4, -0.2) is 0 Å². The van der Waals surface area contributed by atoms with Crippen molar-refractivity contribution in [3.8, 4) is 0 Å². The molecule has 1 heteroatoms. The molecule has 3 rings (SSSR count). The van der Waals surface area contributed by atoms with Crippen molar-refractivity contribution >= 4 is 0 Å². The van der Waals surface area contributed by atoms with Crippen LogP contribution in [0.2, 0.25) is 0 Å². The van der Waals surface area contributed by atoms with Crippen molar-refractivity contribution in [3.05, 3.63) is 110 Å². The van der Waals surface area contributed by atoms with E-state index in [1.54, 1.807) is 0 Å². The molecule has 2 aromatic carbocycles. The molecule has 0 saturated heterocycles. The molecule has 0 aromatic heterocycles. The Morgan fingerprint density at radius 2 is 1.20 bits per heavy atom. The molecule has 0 nitrogen and oxygen atoms in total. The number of allylic oxidation sites excluding steroid dienone is 4. The predicted octanol–water partition coefficient (Wildman–Crippen LogP) is 5.04. The van der Waals surface area contributed by atoms with Gasteiger partial charge < -0.3 is 0 Å². The summed E-state index contributed by atoms with van der Waals surface area (Å²) in [6.45, 7) is 7.44. The maximum absolute atomic E-state index is 3.72. The first kappa shape index (κ1) is 18.4. The zero-order valence-electron chi connectivity index (χ0n) is 11.6. The maximum Gasteiger partial charge on any atom is 3.00 e. The molecule has 0 N–H and O–H groups in total. The molecular weight excluding hydrogens is 276 g/mol. The molecule has 0 aliphatic heterocycles. The van der Waals surface area contributed by atoms with Crippen molar-refractivity contribution in [2.24, 2.45) is 0 Å². The van der Waals surface area contributed by atoms with E-state index >= 15 is 0 Å². The van der Waals surface area contributed by atoms with Gasteiger partial charge in [0.15, 0.2) is 0 Å². The van der Waals surface area contributed by atoms with E-state index in [9.17, 15) is 0 Å². The van der Waals surface area contributed by atoms with Crippen LogP contribution in [-0.2, 0) is 21.7 Å². The molecule has 1 radical (unpaired) electrons. The first-order valence-electron chi connectivity index (χ1n) is 6.25. The van der Waals surface area contributed by atoms with Crippen LogP contribution in [0.25, 0.3) is 0 Å². The molecule has 0 amide bonds. The van der Waals surface area contributed by atoms with Crippen molar-refractivity contribution < 1.29 is 21.7 Å². The second-order valence-corrected chi connectivity index (χ2v) is 3.97. The second kappa shape index (κ2) is 12.4. The smallest absolute Gasteiger partial charge is 0.273 e. The molecule has 99 valence electrons. The van der Waals surface area contributed by atoms with E-state index < -0.39 is 0 Å². The predicted molar refractivity (Wildman–Crippen MR) is 83.4 cm³/mol. The Hall–Kier alpha value is -1.63. The summed E-state index contributed by atoms with van der Waals surface area (Å²) in [6.07, 6.45) is 10.0. The number of hydrogen-bond acceptors (Lipinski definition) is 0. The van der Waals surface area contributed by atoms with Gasteiger partial charge in [-0.15, -0.1) is 30.7 Å². The Morgan fingerprint density at radius 3 is 1.35 bits per heavy atom. The summed E-state index contributed by atoms with van der Waals surface area (Å²) in [5.74, 6) is 0. The third kappa shape index (κ3) is 10.3. The number of rotatable bonds is 0. The SMILES string of the molecule is [C-]1=CC=CC1.[CH2-]c1ccccc1.[CH2-]c1ccccc1.[Ti+3]. The molecule has 0 spiro atoms. The van der Waals surface area contributed by atoms with E-state index in [2.05, 4.69) is 26.0 Å². The Labute approximate surface area is 138 Å². The fourth-order valence-corrected chi connectivity index (χ4v) is 1.30. The zero-order valence-corrected chi connectivity index (χ0v) is 13.2. The van der Waals surface area contributed by atoms with Gasteiger partial charge in [0.2, 0.25) is 0 Å². The van der Waals surface area contributed by atoms with Crippen LogP contribution >= 0.6 is 0 Å². The molecule has 0 unspecified atom stereocenters. The van der Waals surface area contributed by atoms with Crippen molar-refractivity contribution in [2.75, 3.05) is 0 Å². The van der Waals surface area contributed by atoms with Gasteiger partial charge in [-0.25, -0.2) is 12.2 Å². The Morgan fingerprint density at radius 1 is 0.750 bits per heavy atom. The molecule has 0 bridgehead atoms. The van der Waals surface area contributed by atoms with Gasteiger partial charge in [0, 0.05) is 0 Å². The van der Waals surface area contributed by atoms with Crippen LogP contribution < -0.4 is 0 Å². The minimum atomic E-state index is 0. The molecule has 2 aromatic rings. The largest absolute Gasteiger partial charge is 3.00 e. The first-order valence-corrected chi connectivity index (χ1v) is 6.25. The Balaban J connectivity index is 0.000000268. The number of hydrogen-bond donors (Lipinski definition) is 0. The van der Waals surface area contributed by atoms with Crippen LogP contribution in [0.3, 0.4) is 0 Å². The summed E-state index contributed by atoms with van der Waals surface area (Å²) in [4.78, 5) is 0.